The maximum Gasteiger partial charge on any atom is 0.118 e. The number of hydrogen-bond acceptors (Lipinski definition) is 5. The third-order valence-electron chi connectivity index (χ3n) is 3.41. The summed E-state index contributed by atoms with van der Waals surface area (Å²) < 4.78 is 15.9. The summed E-state index contributed by atoms with van der Waals surface area (Å²) in [6, 6.07) is 7.98. The summed E-state index contributed by atoms with van der Waals surface area (Å²) in [6.07, 6.45) is -0.496. The van der Waals surface area contributed by atoms with Gasteiger partial charge in [-0.05, 0) is 23.6 Å². The number of ether oxygens (including phenoxy) is 3. The molecule has 1 N–H and O–H groups in total. The fraction of sp³-hybridized carbons (Fsp3) is 0.667. The molecule has 132 valence electrons. The predicted molar refractivity (Wildman–Crippen MR) is 91.8 cm³/mol. The molecule has 0 heterocycles. The third-order valence-corrected chi connectivity index (χ3v) is 3.41. The minimum absolute atomic E-state index is 0.365. The van der Waals surface area contributed by atoms with Crippen LogP contribution in [0.3, 0.4) is 0 Å². The molecule has 1 aromatic rings. The van der Waals surface area contributed by atoms with E-state index in [2.05, 4.69) is 18.7 Å². The molecule has 0 unspecified atom stereocenters. The van der Waals surface area contributed by atoms with Crippen molar-refractivity contribution in [1.29, 1.82) is 0 Å². The van der Waals surface area contributed by atoms with Crippen LogP contribution in [0.15, 0.2) is 24.3 Å². The van der Waals surface area contributed by atoms with Crippen LogP contribution in [0.1, 0.15) is 19.4 Å². The molecule has 5 heteroatoms. The number of methoxy groups -OCH3 is 2. The summed E-state index contributed by atoms with van der Waals surface area (Å²) in [5.41, 5.74) is 1.18. The smallest absolute Gasteiger partial charge is 0.118 e. The van der Waals surface area contributed by atoms with E-state index in [1.165, 1.54) is 5.56 Å². The molecule has 0 aliphatic heterocycles. The van der Waals surface area contributed by atoms with E-state index in [4.69, 9.17) is 14.2 Å². The van der Waals surface area contributed by atoms with Gasteiger partial charge < -0.3 is 19.3 Å². The summed E-state index contributed by atoms with van der Waals surface area (Å²) in [4.78, 5) is 2.18. The van der Waals surface area contributed by atoms with Gasteiger partial charge in [0.2, 0.25) is 0 Å². The number of nitrogens with zero attached hydrogens (tertiary/aromatic N) is 1. The normalized spacial score (nSPS) is 12.8. The van der Waals surface area contributed by atoms with Crippen LogP contribution < -0.4 is 4.74 Å². The van der Waals surface area contributed by atoms with Crippen molar-refractivity contribution >= 4 is 0 Å². The van der Waals surface area contributed by atoms with Crippen LogP contribution in [-0.4, -0.2) is 63.2 Å². The first-order valence-electron chi connectivity index (χ1n) is 8.15. The monoisotopic (exact) mass is 325 g/mol. The van der Waals surface area contributed by atoms with Crippen LogP contribution in [0.5, 0.6) is 5.75 Å². The quantitative estimate of drug-likeness (QED) is 0.638. The van der Waals surface area contributed by atoms with Gasteiger partial charge in [-0.25, -0.2) is 0 Å². The van der Waals surface area contributed by atoms with Crippen molar-refractivity contribution in [2.24, 2.45) is 5.92 Å². The highest BCUT2D eigenvalue weighted by Gasteiger charge is 2.13. The molecule has 0 amide bonds. The highest BCUT2D eigenvalue weighted by Crippen LogP contribution is 2.13. The Kier molecular flexibility index (Phi) is 9.87. The lowest BCUT2D eigenvalue weighted by molar-refractivity contribution is 0.00336. The van der Waals surface area contributed by atoms with Gasteiger partial charge in [-0.1, -0.05) is 26.0 Å². The number of aliphatic hydroxyl groups excluding tert-OH is 1. The Morgan fingerprint density at radius 3 is 2.35 bits per heavy atom. The molecule has 5 nitrogen and oxygen atoms in total. The van der Waals surface area contributed by atoms with Crippen LogP contribution >= 0.6 is 0 Å². The summed E-state index contributed by atoms with van der Waals surface area (Å²) in [6.45, 7) is 7.96. The van der Waals surface area contributed by atoms with Crippen LogP contribution in [-0.2, 0) is 16.0 Å². The minimum atomic E-state index is -0.496. The lowest BCUT2D eigenvalue weighted by Gasteiger charge is -2.25. The molecule has 0 aliphatic carbocycles. The molecule has 23 heavy (non-hydrogen) atoms. The van der Waals surface area contributed by atoms with E-state index in [0.29, 0.717) is 32.3 Å². The topological polar surface area (TPSA) is 51.2 Å². The molecule has 0 radical (unpaired) electrons. The maximum absolute atomic E-state index is 10.2. The number of aliphatic hydroxyl groups is 1. The molecule has 1 rings (SSSR count). The van der Waals surface area contributed by atoms with Crippen molar-refractivity contribution in [3.05, 3.63) is 29.8 Å². The Hall–Kier alpha value is -1.14. The molecule has 1 atom stereocenters. The molecule has 0 saturated heterocycles. The SMILES string of the molecule is COCCN(Cc1ccc(OC)cc1)C[C@@H](O)COCC(C)C. The summed E-state index contributed by atoms with van der Waals surface area (Å²) in [7, 11) is 3.35. The van der Waals surface area contributed by atoms with Crippen molar-refractivity contribution in [2.45, 2.75) is 26.5 Å². The zero-order chi connectivity index (χ0) is 17.1. The number of hydrogen-bond donors (Lipinski definition) is 1. The standard InChI is InChI=1S/C18H31NO4/c1-15(2)13-23-14-17(20)12-19(9-10-21-3)11-16-5-7-18(22-4)8-6-16/h5-8,15,17,20H,9-14H2,1-4H3/t17-/m1/s1. The summed E-state index contributed by atoms with van der Waals surface area (Å²) in [5, 5.41) is 10.2. The van der Waals surface area contributed by atoms with Gasteiger partial charge in [-0.3, -0.25) is 4.90 Å². The first kappa shape index (κ1) is 19.9. The molecule has 0 spiro atoms. The molecular formula is C18H31NO4. The fourth-order valence-corrected chi connectivity index (χ4v) is 2.23. The Labute approximate surface area is 140 Å². The van der Waals surface area contributed by atoms with Gasteiger partial charge in [0, 0.05) is 33.4 Å². The molecule has 0 aliphatic rings. The van der Waals surface area contributed by atoms with E-state index in [-0.39, 0.29) is 0 Å². The average molecular weight is 325 g/mol. The third kappa shape index (κ3) is 8.91. The fourth-order valence-electron chi connectivity index (χ4n) is 2.23. The summed E-state index contributed by atoms with van der Waals surface area (Å²) in [5.74, 6) is 1.32. The van der Waals surface area contributed by atoms with Crippen molar-refractivity contribution in [3.8, 4) is 5.75 Å². The molecule has 0 bridgehead atoms. The average Bonchev–Trinajstić information content (AvgIpc) is 2.53. The van der Waals surface area contributed by atoms with Crippen LogP contribution in [0.4, 0.5) is 0 Å². The molecule has 0 saturated carbocycles. The second-order valence-electron chi connectivity index (χ2n) is 6.16. The Balaban J connectivity index is 2.49. The van der Waals surface area contributed by atoms with E-state index >= 15 is 0 Å². The molecule has 0 fully saturated rings. The number of rotatable bonds is 12. The molecular weight excluding hydrogens is 294 g/mol. The van der Waals surface area contributed by atoms with Crippen LogP contribution in [0.25, 0.3) is 0 Å². The Morgan fingerprint density at radius 1 is 1.09 bits per heavy atom. The lowest BCUT2D eigenvalue weighted by Crippen LogP contribution is -2.36. The second-order valence-corrected chi connectivity index (χ2v) is 6.16. The lowest BCUT2D eigenvalue weighted by atomic mass is 10.2. The van der Waals surface area contributed by atoms with Crippen molar-refractivity contribution < 1.29 is 19.3 Å². The van der Waals surface area contributed by atoms with E-state index < -0.39 is 6.10 Å². The molecule has 1 aromatic carbocycles. The van der Waals surface area contributed by atoms with Gasteiger partial charge in [0.25, 0.3) is 0 Å². The second kappa shape index (κ2) is 11.4. The van der Waals surface area contributed by atoms with E-state index in [9.17, 15) is 5.11 Å². The van der Waals surface area contributed by atoms with Crippen molar-refractivity contribution in [1.82, 2.24) is 4.90 Å². The van der Waals surface area contributed by atoms with Gasteiger partial charge in [-0.2, -0.15) is 0 Å². The van der Waals surface area contributed by atoms with E-state index in [1.54, 1.807) is 14.2 Å². The highest BCUT2D eigenvalue weighted by molar-refractivity contribution is 5.27. The first-order valence-corrected chi connectivity index (χ1v) is 8.15. The van der Waals surface area contributed by atoms with Gasteiger partial charge in [-0.15, -0.1) is 0 Å². The summed E-state index contributed by atoms with van der Waals surface area (Å²) >= 11 is 0. The number of benzene rings is 1. The highest BCUT2D eigenvalue weighted by atomic mass is 16.5. The van der Waals surface area contributed by atoms with Crippen LogP contribution in [0, 0.1) is 5.92 Å². The predicted octanol–water partition coefficient (Wildman–Crippen LogP) is 2.18. The van der Waals surface area contributed by atoms with E-state index in [0.717, 1.165) is 18.8 Å². The maximum atomic E-state index is 10.2. The van der Waals surface area contributed by atoms with Crippen LogP contribution in [0.2, 0.25) is 0 Å². The van der Waals surface area contributed by atoms with Gasteiger partial charge in [0.1, 0.15) is 5.75 Å². The zero-order valence-corrected chi connectivity index (χ0v) is 14.8. The van der Waals surface area contributed by atoms with Gasteiger partial charge >= 0.3 is 0 Å². The minimum Gasteiger partial charge on any atom is -0.497 e. The largest absolute Gasteiger partial charge is 0.497 e. The Bertz CT molecular complexity index is 408. The van der Waals surface area contributed by atoms with E-state index in [1.807, 2.05) is 24.3 Å². The zero-order valence-electron chi connectivity index (χ0n) is 14.8. The first-order chi connectivity index (χ1) is 11.0. The molecule has 0 aromatic heterocycles. The Morgan fingerprint density at radius 2 is 1.78 bits per heavy atom. The van der Waals surface area contributed by atoms with Crippen molar-refractivity contribution in [3.63, 3.8) is 0 Å². The van der Waals surface area contributed by atoms with Crippen molar-refractivity contribution in [2.75, 3.05) is 47.1 Å². The van der Waals surface area contributed by atoms with Gasteiger partial charge in [0.15, 0.2) is 0 Å². The van der Waals surface area contributed by atoms with Gasteiger partial charge in [0.05, 0.1) is 26.4 Å².